The molecule has 1 N–H and O–H groups in total. The van der Waals surface area contributed by atoms with Gasteiger partial charge >= 0.3 is 6.01 Å². The van der Waals surface area contributed by atoms with Crippen LogP contribution in [0, 0.1) is 41.2 Å². The SMILES string of the molecule is C#Cc1c(F)ccc2cc(O)cc(-c3c(F)c4nc(OC[C@]5(CN6C[C@@H]7[C@H](C6)C7(F)F)CC5(F)F)nc(N5C6CCC5CN(CCCOC)C6)c4c4cn(C)nc34)c12. The van der Waals surface area contributed by atoms with Crippen molar-refractivity contribution in [2.45, 2.75) is 49.6 Å². The molecule has 5 aromatic rings. The van der Waals surface area contributed by atoms with Crippen LogP contribution in [0.15, 0.2) is 30.5 Å². The van der Waals surface area contributed by atoms with Gasteiger partial charge in [-0.15, -0.1) is 6.42 Å². The molecule has 58 heavy (non-hydrogen) atoms. The molecule has 2 aromatic heterocycles. The number of benzene rings is 3. The van der Waals surface area contributed by atoms with Gasteiger partial charge in [0.25, 0.3) is 11.8 Å². The van der Waals surface area contributed by atoms with E-state index in [-0.39, 0.29) is 76.6 Å². The predicted octanol–water partition coefficient (Wildman–Crippen LogP) is 6.59. The molecule has 0 spiro atoms. The van der Waals surface area contributed by atoms with Gasteiger partial charge in [-0.2, -0.15) is 15.1 Å². The Morgan fingerprint density at radius 1 is 0.966 bits per heavy atom. The van der Waals surface area contributed by atoms with E-state index < -0.39 is 53.8 Å². The number of hydrogen-bond donors (Lipinski definition) is 1. The minimum Gasteiger partial charge on any atom is -0.508 e. The summed E-state index contributed by atoms with van der Waals surface area (Å²) in [6.45, 7) is 2.31. The van der Waals surface area contributed by atoms with Crippen molar-refractivity contribution in [1.82, 2.24) is 29.5 Å². The molecular formula is C42H41F6N7O3. The van der Waals surface area contributed by atoms with Crippen molar-refractivity contribution in [2.75, 3.05) is 64.5 Å². The molecule has 0 amide bonds. The van der Waals surface area contributed by atoms with Crippen LogP contribution in [0.1, 0.15) is 31.2 Å². The van der Waals surface area contributed by atoms with E-state index >= 15 is 17.6 Å². The van der Waals surface area contributed by atoms with Crippen molar-refractivity contribution in [3.8, 4) is 35.2 Å². The number of piperidine rings is 1. The van der Waals surface area contributed by atoms with Crippen LogP contribution in [0.5, 0.6) is 11.8 Å². The molecule has 3 aliphatic heterocycles. The van der Waals surface area contributed by atoms with Gasteiger partial charge in [-0.1, -0.05) is 12.0 Å². The van der Waals surface area contributed by atoms with Gasteiger partial charge in [0.1, 0.15) is 35.0 Å². The minimum absolute atomic E-state index is 0.0169. The summed E-state index contributed by atoms with van der Waals surface area (Å²) in [5, 5.41) is 16.9. The highest BCUT2D eigenvalue weighted by Crippen LogP contribution is 2.64. The third kappa shape index (κ3) is 5.71. The first-order valence-electron chi connectivity index (χ1n) is 19.6. The number of methoxy groups -OCH3 is 1. The Morgan fingerprint density at radius 3 is 2.36 bits per heavy atom. The number of nitrogens with zero attached hydrogens (tertiary/aromatic N) is 7. The highest BCUT2D eigenvalue weighted by molar-refractivity contribution is 6.18. The lowest BCUT2D eigenvalue weighted by Crippen LogP contribution is -2.54. The number of aryl methyl sites for hydroxylation is 1. The van der Waals surface area contributed by atoms with Gasteiger partial charge in [-0.25, -0.2) is 26.3 Å². The quantitative estimate of drug-likeness (QED) is 0.0903. The average molecular weight is 806 g/mol. The summed E-state index contributed by atoms with van der Waals surface area (Å²) in [5.41, 5.74) is -1.77. The average Bonchev–Trinajstić information content (AvgIpc) is 3.54. The largest absolute Gasteiger partial charge is 0.508 e. The van der Waals surface area contributed by atoms with Crippen molar-refractivity contribution < 1.29 is 40.9 Å². The fourth-order valence-electron chi connectivity index (χ4n) is 10.2. The van der Waals surface area contributed by atoms with Gasteiger partial charge < -0.3 is 24.4 Å². The summed E-state index contributed by atoms with van der Waals surface area (Å²) in [6, 6.07) is 4.99. The lowest BCUT2D eigenvalue weighted by molar-refractivity contribution is 0.0101. The van der Waals surface area contributed by atoms with E-state index in [2.05, 4.69) is 25.8 Å². The molecule has 2 unspecified atom stereocenters. The summed E-state index contributed by atoms with van der Waals surface area (Å²) in [6.07, 6.45) is 9.56. The number of alkyl halides is 4. The van der Waals surface area contributed by atoms with Gasteiger partial charge in [0.2, 0.25) is 0 Å². The standard InChI is InChI=1S/C42H41F6N7O3/c1-4-26-31(43)9-6-22-12-25(56)13-27(32(22)26)33-35(44)37-34(28-16-52(2)51-36(28)33)38(55-23-7-8-24(55)15-53(14-23)10-5-11-57-3)50-39(49-37)58-21-40(19-41(40,45)46)20-54-17-29-30(18-54)42(29,47)48/h1,6,9,12-13,16,23-24,29-30,56H,5,7-8,10-11,14-15,17-21H2,2-3H3/t23?,24?,29-,30+,40-/m1/s1. The summed E-state index contributed by atoms with van der Waals surface area (Å²) >= 11 is 0. The number of phenolic OH excluding ortho intramolecular Hbond substituents is 1. The van der Waals surface area contributed by atoms with E-state index in [0.29, 0.717) is 41.7 Å². The van der Waals surface area contributed by atoms with E-state index in [9.17, 15) is 13.9 Å². The number of terminal acetylenes is 1. The molecule has 5 fully saturated rings. The van der Waals surface area contributed by atoms with Crippen LogP contribution in [0.2, 0.25) is 0 Å². The second kappa shape index (κ2) is 13.1. The van der Waals surface area contributed by atoms with Crippen molar-refractivity contribution in [3.63, 3.8) is 0 Å². The van der Waals surface area contributed by atoms with Gasteiger partial charge in [0, 0.05) is 113 Å². The number of halogens is 6. The van der Waals surface area contributed by atoms with E-state index in [1.807, 2.05) is 0 Å². The summed E-state index contributed by atoms with van der Waals surface area (Å²) < 4.78 is 104. The maximum atomic E-state index is 17.8. The molecule has 304 valence electrons. The molecule has 5 heterocycles. The number of piperazine rings is 1. The Hall–Kier alpha value is -4.85. The first-order valence-corrected chi connectivity index (χ1v) is 19.6. The maximum absolute atomic E-state index is 17.8. The maximum Gasteiger partial charge on any atom is 0.319 e. The van der Waals surface area contributed by atoms with E-state index in [1.54, 1.807) is 25.3 Å². The highest BCUT2D eigenvalue weighted by atomic mass is 19.3. The molecule has 3 saturated heterocycles. The van der Waals surface area contributed by atoms with Gasteiger partial charge in [-0.05, 0) is 48.4 Å². The van der Waals surface area contributed by atoms with Crippen molar-refractivity contribution in [1.29, 1.82) is 0 Å². The Labute approximate surface area is 329 Å². The third-order valence-corrected chi connectivity index (χ3v) is 13.2. The number of likely N-dealkylation sites (tertiary alicyclic amines) is 2. The van der Waals surface area contributed by atoms with Gasteiger partial charge in [-0.3, -0.25) is 9.58 Å². The lowest BCUT2D eigenvalue weighted by atomic mass is 9.91. The molecule has 2 bridgehead atoms. The summed E-state index contributed by atoms with van der Waals surface area (Å²) in [5.74, 6) is -6.54. The topological polar surface area (TPSA) is 92.0 Å². The summed E-state index contributed by atoms with van der Waals surface area (Å²) in [4.78, 5) is 15.7. The smallest absolute Gasteiger partial charge is 0.319 e. The van der Waals surface area contributed by atoms with Crippen molar-refractivity contribution in [3.05, 3.63) is 47.7 Å². The first-order chi connectivity index (χ1) is 27.7. The first kappa shape index (κ1) is 37.4. The van der Waals surface area contributed by atoms with Crippen LogP contribution in [0.4, 0.5) is 32.2 Å². The normalized spacial score (nSPS) is 27.1. The molecule has 10 rings (SSSR count). The number of fused-ring (bicyclic) bond motifs is 7. The van der Waals surface area contributed by atoms with Crippen LogP contribution >= 0.6 is 0 Å². The molecule has 0 radical (unpaired) electrons. The highest BCUT2D eigenvalue weighted by Gasteiger charge is 2.75. The fraction of sp³-hybridized carbons (Fsp3) is 0.500. The Balaban J connectivity index is 1.12. The zero-order valence-corrected chi connectivity index (χ0v) is 31.9. The number of ether oxygens (including phenoxy) is 2. The molecule has 5 atom stereocenters. The number of aromatic nitrogens is 4. The van der Waals surface area contributed by atoms with Crippen LogP contribution in [0.25, 0.3) is 43.7 Å². The van der Waals surface area contributed by atoms with Crippen LogP contribution in [-0.2, 0) is 11.8 Å². The lowest BCUT2D eigenvalue weighted by Gasteiger charge is -2.42. The molecule has 16 heteroatoms. The van der Waals surface area contributed by atoms with Crippen molar-refractivity contribution >= 4 is 38.4 Å². The second-order valence-corrected chi connectivity index (χ2v) is 16.9. The molecule has 2 saturated carbocycles. The molecule has 2 aliphatic carbocycles. The predicted molar refractivity (Wildman–Crippen MR) is 204 cm³/mol. The second-order valence-electron chi connectivity index (χ2n) is 16.9. The number of rotatable bonds is 11. The number of hydrogen-bond acceptors (Lipinski definition) is 9. The van der Waals surface area contributed by atoms with Crippen LogP contribution < -0.4 is 9.64 Å². The number of aromatic hydroxyl groups is 1. The van der Waals surface area contributed by atoms with Crippen molar-refractivity contribution in [2.24, 2.45) is 24.3 Å². The fourth-order valence-corrected chi connectivity index (χ4v) is 10.2. The molecule has 5 aliphatic rings. The van der Waals surface area contributed by atoms with E-state index in [0.717, 1.165) is 25.8 Å². The number of anilines is 1. The minimum atomic E-state index is -3.11. The Kier molecular flexibility index (Phi) is 8.44. The third-order valence-electron chi connectivity index (χ3n) is 13.2. The molecule has 3 aromatic carbocycles. The van der Waals surface area contributed by atoms with Gasteiger partial charge in [0.15, 0.2) is 5.82 Å². The van der Waals surface area contributed by atoms with E-state index in [4.69, 9.17) is 20.9 Å². The monoisotopic (exact) mass is 805 g/mol. The zero-order valence-electron chi connectivity index (χ0n) is 31.9. The van der Waals surface area contributed by atoms with Gasteiger partial charge in [0.05, 0.1) is 16.4 Å². The van der Waals surface area contributed by atoms with Crippen LogP contribution in [-0.4, -0.2) is 118 Å². The summed E-state index contributed by atoms with van der Waals surface area (Å²) in [7, 11) is 3.35. The zero-order chi connectivity index (χ0) is 40.5. The number of phenols is 1. The Morgan fingerprint density at radius 2 is 1.69 bits per heavy atom. The molecular weight excluding hydrogens is 764 g/mol. The Bertz CT molecular complexity index is 2530. The molecule has 10 nitrogen and oxygen atoms in total. The van der Waals surface area contributed by atoms with E-state index in [1.165, 1.54) is 28.9 Å². The van der Waals surface area contributed by atoms with Crippen LogP contribution in [0.3, 0.4) is 0 Å².